The first-order valence-electron chi connectivity index (χ1n) is 7.27. The van der Waals surface area contributed by atoms with Gasteiger partial charge in [0.05, 0.1) is 5.56 Å². The highest BCUT2D eigenvalue weighted by Crippen LogP contribution is 2.28. The molecular weight excluding hydrogens is 360 g/mol. The Hall–Kier alpha value is -2.21. The summed E-state index contributed by atoms with van der Waals surface area (Å²) < 4.78 is 5.97. The molecule has 1 aliphatic rings. The molecule has 0 N–H and O–H groups in total. The number of nitrogens with zero attached hydrogens (tertiary/aromatic N) is 2. The van der Waals surface area contributed by atoms with Gasteiger partial charge in [0.2, 0.25) is 0 Å². The molecule has 23 heavy (non-hydrogen) atoms. The number of aromatic nitrogens is 1. The van der Waals surface area contributed by atoms with E-state index in [4.69, 9.17) is 4.74 Å². The number of hydrogen-bond donors (Lipinski definition) is 0. The summed E-state index contributed by atoms with van der Waals surface area (Å²) in [4.78, 5) is 30.3. The van der Waals surface area contributed by atoms with Crippen LogP contribution >= 0.6 is 15.9 Å². The number of amides is 1. The largest absolute Gasteiger partial charge is 0.449 e. The summed E-state index contributed by atoms with van der Waals surface area (Å²) in [5.41, 5.74) is 2.33. The van der Waals surface area contributed by atoms with Gasteiger partial charge in [0.15, 0.2) is 6.10 Å². The van der Waals surface area contributed by atoms with Gasteiger partial charge in [0.25, 0.3) is 5.91 Å². The summed E-state index contributed by atoms with van der Waals surface area (Å²) in [6, 6.07) is 9.38. The van der Waals surface area contributed by atoms with Crippen molar-refractivity contribution >= 4 is 33.5 Å². The number of benzene rings is 1. The Morgan fingerprint density at radius 1 is 1.30 bits per heavy atom. The Bertz CT molecular complexity index is 763. The third-order valence-electron chi connectivity index (χ3n) is 3.73. The van der Waals surface area contributed by atoms with Crippen LogP contribution in [0, 0.1) is 0 Å². The molecule has 1 atom stereocenters. The summed E-state index contributed by atoms with van der Waals surface area (Å²) in [5, 5.41) is 0. The molecule has 1 aromatic carbocycles. The smallest absolute Gasteiger partial charge is 0.340 e. The molecule has 6 heteroatoms. The zero-order valence-electron chi connectivity index (χ0n) is 12.5. The third-order valence-corrected chi connectivity index (χ3v) is 4.16. The maximum Gasteiger partial charge on any atom is 0.340 e. The van der Waals surface area contributed by atoms with Crippen LogP contribution in [0.15, 0.2) is 47.2 Å². The summed E-state index contributed by atoms with van der Waals surface area (Å²) in [6.45, 7) is 2.20. The van der Waals surface area contributed by atoms with Gasteiger partial charge in [-0.2, -0.15) is 0 Å². The maximum atomic E-state index is 12.6. The normalized spacial score (nSPS) is 14.3. The molecule has 0 radical (unpaired) electrons. The molecule has 2 aromatic rings. The molecule has 3 rings (SSSR count). The van der Waals surface area contributed by atoms with E-state index in [2.05, 4.69) is 20.9 Å². The van der Waals surface area contributed by atoms with Crippen molar-refractivity contribution in [2.24, 2.45) is 0 Å². The number of anilines is 1. The van der Waals surface area contributed by atoms with Gasteiger partial charge in [-0.3, -0.25) is 9.78 Å². The molecule has 0 aliphatic carbocycles. The van der Waals surface area contributed by atoms with Gasteiger partial charge >= 0.3 is 5.97 Å². The number of rotatable bonds is 3. The highest BCUT2D eigenvalue weighted by Gasteiger charge is 2.29. The van der Waals surface area contributed by atoms with Crippen molar-refractivity contribution in [1.29, 1.82) is 0 Å². The Labute approximate surface area is 142 Å². The number of carbonyl (C=O) groups is 2. The second-order valence-electron chi connectivity index (χ2n) is 5.31. The van der Waals surface area contributed by atoms with Crippen LogP contribution < -0.4 is 4.90 Å². The van der Waals surface area contributed by atoms with E-state index in [1.165, 1.54) is 6.20 Å². The van der Waals surface area contributed by atoms with Gasteiger partial charge in [-0.25, -0.2) is 4.79 Å². The van der Waals surface area contributed by atoms with E-state index in [1.807, 2.05) is 24.3 Å². The fraction of sp³-hybridized carbons (Fsp3) is 0.235. The lowest BCUT2D eigenvalue weighted by Gasteiger charge is -2.21. The molecule has 0 fully saturated rings. The molecule has 0 bridgehead atoms. The highest BCUT2D eigenvalue weighted by molar-refractivity contribution is 9.10. The predicted octanol–water partition coefficient (Wildman–Crippen LogP) is 2.98. The standard InChI is InChI=1S/C17H15BrN2O3/c1-11(23-17(22)13-8-14(18)10-19-9-13)16(21)20-7-6-12-4-2-3-5-15(12)20/h2-5,8-11H,6-7H2,1H3/t11-/m1/s1. The van der Waals surface area contributed by atoms with Gasteiger partial charge < -0.3 is 9.64 Å². The number of pyridine rings is 1. The summed E-state index contributed by atoms with van der Waals surface area (Å²) in [7, 11) is 0. The van der Waals surface area contributed by atoms with Crippen molar-refractivity contribution in [3.8, 4) is 0 Å². The fourth-order valence-electron chi connectivity index (χ4n) is 2.59. The van der Waals surface area contributed by atoms with E-state index in [0.717, 1.165) is 17.7 Å². The first-order chi connectivity index (χ1) is 11.1. The van der Waals surface area contributed by atoms with Gasteiger partial charge in [-0.05, 0) is 47.0 Å². The van der Waals surface area contributed by atoms with Crippen molar-refractivity contribution < 1.29 is 14.3 Å². The average Bonchev–Trinajstić information content (AvgIpc) is 2.98. The van der Waals surface area contributed by atoms with Crippen LogP contribution in [0.4, 0.5) is 5.69 Å². The minimum absolute atomic E-state index is 0.216. The van der Waals surface area contributed by atoms with Gasteiger partial charge in [0.1, 0.15) is 0 Å². The lowest BCUT2D eigenvalue weighted by atomic mass is 10.2. The van der Waals surface area contributed by atoms with Crippen molar-refractivity contribution in [1.82, 2.24) is 4.98 Å². The number of halogens is 1. The SMILES string of the molecule is C[C@@H](OC(=O)c1cncc(Br)c1)C(=O)N1CCc2ccccc21. The van der Waals surface area contributed by atoms with Crippen molar-refractivity contribution in [2.45, 2.75) is 19.4 Å². The average molecular weight is 375 g/mol. The van der Waals surface area contributed by atoms with Crippen molar-refractivity contribution in [3.05, 3.63) is 58.3 Å². The van der Waals surface area contributed by atoms with Crippen LogP contribution in [0.5, 0.6) is 0 Å². The van der Waals surface area contributed by atoms with Crippen molar-refractivity contribution in [3.63, 3.8) is 0 Å². The van der Waals surface area contributed by atoms with Gasteiger partial charge in [-0.1, -0.05) is 18.2 Å². The second-order valence-corrected chi connectivity index (χ2v) is 6.22. The number of ether oxygens (including phenoxy) is 1. The van der Waals surface area contributed by atoms with Crippen LogP contribution in [-0.4, -0.2) is 29.5 Å². The number of para-hydroxylation sites is 1. The molecule has 0 spiro atoms. The molecule has 1 aliphatic heterocycles. The van der Waals surface area contributed by atoms with Crippen LogP contribution in [-0.2, 0) is 16.0 Å². The molecule has 0 unspecified atom stereocenters. The molecule has 118 valence electrons. The first-order valence-corrected chi connectivity index (χ1v) is 8.06. The minimum Gasteiger partial charge on any atom is -0.449 e. The van der Waals surface area contributed by atoms with Crippen LogP contribution in [0.2, 0.25) is 0 Å². The third kappa shape index (κ3) is 3.27. The Morgan fingerprint density at radius 3 is 2.87 bits per heavy atom. The van der Waals surface area contributed by atoms with E-state index in [9.17, 15) is 9.59 Å². The molecule has 1 aromatic heterocycles. The Morgan fingerprint density at radius 2 is 2.09 bits per heavy atom. The molecule has 0 saturated carbocycles. The number of esters is 1. The number of hydrogen-bond acceptors (Lipinski definition) is 4. The lowest BCUT2D eigenvalue weighted by Crippen LogP contribution is -2.39. The second kappa shape index (κ2) is 6.50. The molecule has 0 saturated heterocycles. The predicted molar refractivity (Wildman–Crippen MR) is 89.3 cm³/mol. The van der Waals surface area contributed by atoms with Crippen molar-refractivity contribution in [2.75, 3.05) is 11.4 Å². The summed E-state index contributed by atoms with van der Waals surface area (Å²) >= 11 is 3.25. The van der Waals surface area contributed by atoms with Gasteiger partial charge in [0, 0.05) is 29.1 Å². The molecular formula is C17H15BrN2O3. The van der Waals surface area contributed by atoms with E-state index in [-0.39, 0.29) is 5.91 Å². The zero-order chi connectivity index (χ0) is 16.4. The van der Waals surface area contributed by atoms with Crippen LogP contribution in [0.1, 0.15) is 22.8 Å². The first kappa shape index (κ1) is 15.7. The van der Waals surface area contributed by atoms with Gasteiger partial charge in [-0.15, -0.1) is 0 Å². The maximum absolute atomic E-state index is 12.6. The quantitative estimate of drug-likeness (QED) is 0.774. The number of carbonyl (C=O) groups excluding carboxylic acids is 2. The summed E-state index contributed by atoms with van der Waals surface area (Å²) in [6.07, 6.45) is 2.95. The Kier molecular flexibility index (Phi) is 4.43. The lowest BCUT2D eigenvalue weighted by molar-refractivity contribution is -0.126. The van der Waals surface area contributed by atoms with E-state index in [0.29, 0.717) is 16.6 Å². The monoisotopic (exact) mass is 374 g/mol. The van der Waals surface area contributed by atoms with E-state index < -0.39 is 12.1 Å². The molecule has 2 heterocycles. The Balaban J connectivity index is 1.70. The highest BCUT2D eigenvalue weighted by atomic mass is 79.9. The topological polar surface area (TPSA) is 59.5 Å². The summed E-state index contributed by atoms with van der Waals surface area (Å²) in [5.74, 6) is -0.779. The molecule has 1 amide bonds. The van der Waals surface area contributed by atoms with Crippen LogP contribution in [0.25, 0.3) is 0 Å². The fourth-order valence-corrected chi connectivity index (χ4v) is 2.95. The van der Waals surface area contributed by atoms with E-state index >= 15 is 0 Å². The zero-order valence-corrected chi connectivity index (χ0v) is 14.1. The van der Waals surface area contributed by atoms with Crippen LogP contribution in [0.3, 0.4) is 0 Å². The minimum atomic E-state index is -0.854. The van der Waals surface area contributed by atoms with E-state index in [1.54, 1.807) is 24.1 Å². The number of fused-ring (bicyclic) bond motifs is 1. The molecule has 5 nitrogen and oxygen atoms in total.